The van der Waals surface area contributed by atoms with Gasteiger partial charge in [-0.05, 0) is 55.8 Å². The predicted molar refractivity (Wildman–Crippen MR) is 101 cm³/mol. The van der Waals surface area contributed by atoms with Crippen LogP contribution in [-0.4, -0.2) is 46.8 Å². The first kappa shape index (κ1) is 22.1. The van der Waals surface area contributed by atoms with Crippen molar-refractivity contribution in [2.45, 2.75) is 32.8 Å². The molecular weight excluding hydrogens is 419 g/mol. The molecule has 0 N–H and O–H groups in total. The molecule has 1 aromatic heterocycles. The molecule has 0 saturated carbocycles. The van der Waals surface area contributed by atoms with Crippen LogP contribution in [0.2, 0.25) is 0 Å². The molecule has 1 aromatic carbocycles. The van der Waals surface area contributed by atoms with E-state index >= 15 is 0 Å². The first-order chi connectivity index (χ1) is 14.6. The minimum Gasteiger partial charge on any atom is -0.461 e. The molecule has 0 aliphatic carbocycles. The van der Waals surface area contributed by atoms with E-state index in [0.29, 0.717) is 5.56 Å². The zero-order chi connectivity index (χ0) is 22.8. The van der Waals surface area contributed by atoms with Crippen LogP contribution in [0.25, 0.3) is 0 Å². The van der Waals surface area contributed by atoms with Crippen LogP contribution in [-0.2, 0) is 16.1 Å². The maximum absolute atomic E-state index is 12.9. The van der Waals surface area contributed by atoms with E-state index in [0.717, 1.165) is 17.0 Å². The zero-order valence-electron chi connectivity index (χ0n) is 16.5. The lowest BCUT2D eigenvalue weighted by molar-refractivity contribution is -0.274. The monoisotopic (exact) mass is 437 g/mol. The van der Waals surface area contributed by atoms with Crippen molar-refractivity contribution < 1.29 is 37.0 Å². The van der Waals surface area contributed by atoms with Gasteiger partial charge in [-0.2, -0.15) is 0 Å². The van der Waals surface area contributed by atoms with Gasteiger partial charge in [-0.3, -0.25) is 4.79 Å². The normalized spacial score (nSPS) is 16.6. The largest absolute Gasteiger partial charge is 0.573 e. The van der Waals surface area contributed by atoms with Crippen LogP contribution in [0.1, 0.15) is 29.9 Å². The lowest BCUT2D eigenvalue weighted by Crippen LogP contribution is -2.33. The van der Waals surface area contributed by atoms with Gasteiger partial charge in [0.15, 0.2) is 0 Å². The van der Waals surface area contributed by atoms with Crippen molar-refractivity contribution in [1.82, 2.24) is 9.88 Å². The quantitative estimate of drug-likeness (QED) is 0.508. The van der Waals surface area contributed by atoms with E-state index in [1.807, 2.05) is 0 Å². The fourth-order valence-corrected chi connectivity index (χ4v) is 3.03. The first-order valence-corrected chi connectivity index (χ1v) is 9.23. The zero-order valence-corrected chi connectivity index (χ0v) is 16.5. The Hall–Kier alpha value is -3.63. The fourth-order valence-electron chi connectivity index (χ4n) is 3.03. The number of nitrogens with zero attached hydrogens (tertiary/aromatic N) is 3. The molecule has 1 unspecified atom stereocenters. The average molecular weight is 437 g/mol. The molecule has 1 atom stereocenters. The molecule has 1 fully saturated rings. The van der Waals surface area contributed by atoms with Crippen LogP contribution >= 0.6 is 0 Å². The minimum absolute atomic E-state index is 0.0203. The van der Waals surface area contributed by atoms with E-state index in [1.54, 1.807) is 13.0 Å². The third-order valence-electron chi connectivity index (χ3n) is 4.47. The maximum Gasteiger partial charge on any atom is 0.573 e. The fraction of sp³-hybridized carbons (Fsp3) is 0.300. The summed E-state index contributed by atoms with van der Waals surface area (Å²) in [6.07, 6.45) is -3.45. The van der Waals surface area contributed by atoms with Crippen molar-refractivity contribution in [3.05, 3.63) is 53.9 Å². The number of amides is 3. The molecule has 0 radical (unpaired) electrons. The number of aromatic nitrogens is 1. The Kier molecular flexibility index (Phi) is 6.14. The molecule has 0 bridgehead atoms. The van der Waals surface area contributed by atoms with E-state index in [1.165, 1.54) is 36.2 Å². The Morgan fingerprint density at radius 3 is 2.45 bits per heavy atom. The number of halogens is 3. The number of rotatable bonds is 6. The average Bonchev–Trinajstić information content (AvgIpc) is 2.91. The van der Waals surface area contributed by atoms with E-state index in [2.05, 4.69) is 9.72 Å². The van der Waals surface area contributed by atoms with Gasteiger partial charge in [0.2, 0.25) is 0 Å². The van der Waals surface area contributed by atoms with E-state index in [-0.39, 0.29) is 24.5 Å². The highest BCUT2D eigenvalue weighted by Crippen LogP contribution is 2.30. The summed E-state index contributed by atoms with van der Waals surface area (Å²) in [6, 6.07) is 6.02. The van der Waals surface area contributed by atoms with Crippen molar-refractivity contribution in [2.24, 2.45) is 0 Å². The summed E-state index contributed by atoms with van der Waals surface area (Å²) in [5.74, 6) is -1.61. The number of esters is 1. The van der Waals surface area contributed by atoms with Crippen LogP contribution in [0.3, 0.4) is 0 Å². The molecular formula is C20H18F3N3O5. The highest BCUT2D eigenvalue weighted by Gasteiger charge is 2.43. The Morgan fingerprint density at radius 1 is 1.16 bits per heavy atom. The van der Waals surface area contributed by atoms with Gasteiger partial charge in [0.05, 0.1) is 12.3 Å². The van der Waals surface area contributed by atoms with Crippen LogP contribution < -0.4 is 9.64 Å². The number of imide groups is 1. The molecule has 31 heavy (non-hydrogen) atoms. The molecule has 164 valence electrons. The lowest BCUT2D eigenvalue weighted by atomic mass is 10.2. The highest BCUT2D eigenvalue weighted by molar-refractivity contribution is 6.21. The molecule has 1 aliphatic heterocycles. The van der Waals surface area contributed by atoms with Crippen LogP contribution in [0, 0.1) is 0 Å². The van der Waals surface area contributed by atoms with E-state index < -0.39 is 36.1 Å². The van der Waals surface area contributed by atoms with Gasteiger partial charge in [0.25, 0.3) is 5.91 Å². The van der Waals surface area contributed by atoms with Crippen LogP contribution in [0.15, 0.2) is 42.6 Å². The Labute approximate surface area is 175 Å². The van der Waals surface area contributed by atoms with E-state index in [4.69, 9.17) is 4.74 Å². The number of ether oxygens (including phenoxy) is 2. The summed E-state index contributed by atoms with van der Waals surface area (Å²) < 4.78 is 45.7. The van der Waals surface area contributed by atoms with Gasteiger partial charge in [-0.1, -0.05) is 0 Å². The van der Waals surface area contributed by atoms with Gasteiger partial charge in [0, 0.05) is 12.7 Å². The molecule has 0 spiro atoms. The van der Waals surface area contributed by atoms with Gasteiger partial charge >= 0.3 is 18.4 Å². The molecule has 3 amide bonds. The second kappa shape index (κ2) is 8.62. The first-order valence-electron chi connectivity index (χ1n) is 9.23. The number of urea groups is 1. The summed E-state index contributed by atoms with van der Waals surface area (Å²) in [7, 11) is 0. The van der Waals surface area contributed by atoms with Crippen molar-refractivity contribution in [3.8, 4) is 5.75 Å². The highest BCUT2D eigenvalue weighted by atomic mass is 19.4. The summed E-state index contributed by atoms with van der Waals surface area (Å²) >= 11 is 0. The standard InChI is InChI=1S/C20H18F3N3O5/c1-3-30-18(28)16-10-13(8-9-24-16)11-25-12(2)17(27)26(19(25)29)14-4-6-15(7-5-14)31-20(21,22)23/h4-10,12H,3,11H2,1-2H3. The molecule has 2 heterocycles. The number of alkyl halides is 3. The van der Waals surface area contributed by atoms with Crippen molar-refractivity contribution in [3.63, 3.8) is 0 Å². The Balaban J connectivity index is 1.78. The Bertz CT molecular complexity index is 994. The van der Waals surface area contributed by atoms with E-state index in [9.17, 15) is 27.6 Å². The van der Waals surface area contributed by atoms with Crippen molar-refractivity contribution in [1.29, 1.82) is 0 Å². The van der Waals surface area contributed by atoms with Crippen LogP contribution in [0.4, 0.5) is 23.7 Å². The minimum atomic E-state index is -4.85. The SMILES string of the molecule is CCOC(=O)c1cc(CN2C(=O)N(c3ccc(OC(F)(F)F)cc3)C(=O)C2C)ccn1. The third-order valence-corrected chi connectivity index (χ3v) is 4.47. The smallest absolute Gasteiger partial charge is 0.461 e. The number of carbonyl (C=O) groups is 3. The topological polar surface area (TPSA) is 89.0 Å². The van der Waals surface area contributed by atoms with Crippen LogP contribution in [0.5, 0.6) is 5.75 Å². The summed E-state index contributed by atoms with van der Waals surface area (Å²) in [4.78, 5) is 43.5. The molecule has 2 aromatic rings. The number of anilines is 1. The molecule has 8 nitrogen and oxygen atoms in total. The number of benzene rings is 1. The molecule has 3 rings (SSSR count). The third kappa shape index (κ3) is 4.93. The summed E-state index contributed by atoms with van der Waals surface area (Å²) in [6.45, 7) is 3.40. The number of hydrogen-bond acceptors (Lipinski definition) is 6. The molecule has 1 saturated heterocycles. The second-order valence-electron chi connectivity index (χ2n) is 6.57. The van der Waals surface area contributed by atoms with Gasteiger partial charge in [-0.15, -0.1) is 13.2 Å². The number of hydrogen-bond donors (Lipinski definition) is 0. The van der Waals surface area contributed by atoms with Crippen molar-refractivity contribution >= 4 is 23.6 Å². The van der Waals surface area contributed by atoms with Gasteiger partial charge in [0.1, 0.15) is 17.5 Å². The van der Waals surface area contributed by atoms with Crippen molar-refractivity contribution in [2.75, 3.05) is 11.5 Å². The molecule has 11 heteroatoms. The second-order valence-corrected chi connectivity index (χ2v) is 6.57. The number of carbonyl (C=O) groups excluding carboxylic acids is 3. The lowest BCUT2D eigenvalue weighted by Gasteiger charge is -2.19. The summed E-state index contributed by atoms with van der Waals surface area (Å²) in [5.41, 5.74) is 0.740. The number of pyridine rings is 1. The molecule has 1 aliphatic rings. The van der Waals surface area contributed by atoms with Gasteiger partial charge < -0.3 is 14.4 Å². The summed E-state index contributed by atoms with van der Waals surface area (Å²) in [5, 5.41) is 0. The van der Waals surface area contributed by atoms with Gasteiger partial charge in [-0.25, -0.2) is 19.5 Å². The maximum atomic E-state index is 12.9. The Morgan fingerprint density at radius 2 is 1.84 bits per heavy atom. The predicted octanol–water partition coefficient (Wildman–Crippen LogP) is 3.51.